The number of aryl methyl sites for hydroxylation is 1. The Morgan fingerprint density at radius 1 is 1.25 bits per heavy atom. The molecule has 102 valence electrons. The first kappa shape index (κ1) is 13.1. The van der Waals surface area contributed by atoms with E-state index in [2.05, 4.69) is 31.2 Å². The van der Waals surface area contributed by atoms with Gasteiger partial charge in [-0.2, -0.15) is 0 Å². The Morgan fingerprint density at radius 2 is 2.15 bits per heavy atom. The zero-order valence-corrected chi connectivity index (χ0v) is 12.1. The van der Waals surface area contributed by atoms with E-state index in [0.717, 1.165) is 28.4 Å². The molecule has 0 amide bonds. The van der Waals surface area contributed by atoms with Crippen LogP contribution in [-0.4, -0.2) is 11.5 Å². The molecule has 20 heavy (non-hydrogen) atoms. The van der Waals surface area contributed by atoms with Gasteiger partial charge in [-0.1, -0.05) is 23.8 Å². The lowest BCUT2D eigenvalue weighted by atomic mass is 10.1. The highest BCUT2D eigenvalue weighted by Crippen LogP contribution is 2.34. The summed E-state index contributed by atoms with van der Waals surface area (Å²) in [5.41, 5.74) is 9.00. The molecule has 2 heterocycles. The maximum atomic E-state index is 5.70. The number of furan rings is 1. The van der Waals surface area contributed by atoms with Crippen molar-refractivity contribution in [2.45, 2.75) is 13.3 Å². The van der Waals surface area contributed by atoms with E-state index in [1.807, 2.05) is 12.1 Å². The van der Waals surface area contributed by atoms with Crippen molar-refractivity contribution >= 4 is 11.3 Å². The summed E-state index contributed by atoms with van der Waals surface area (Å²) in [5.74, 6) is 0.809. The average Bonchev–Trinajstić information content (AvgIpc) is 3.07. The summed E-state index contributed by atoms with van der Waals surface area (Å²) in [6.07, 6.45) is 2.49. The molecule has 3 aromatic rings. The molecule has 0 bridgehead atoms. The summed E-state index contributed by atoms with van der Waals surface area (Å²) >= 11 is 1.69. The molecule has 4 heteroatoms. The van der Waals surface area contributed by atoms with Gasteiger partial charge < -0.3 is 10.2 Å². The second-order valence-corrected chi connectivity index (χ2v) is 5.76. The summed E-state index contributed by atoms with van der Waals surface area (Å²) in [5, 5.41) is 1.02. The molecule has 3 rings (SSSR count). The number of aromatic nitrogens is 1. The molecule has 0 atom stereocenters. The van der Waals surface area contributed by atoms with E-state index in [4.69, 9.17) is 15.1 Å². The largest absolute Gasteiger partial charge is 0.463 e. The Hall–Kier alpha value is -1.91. The molecule has 1 aromatic carbocycles. The number of hydrogen-bond acceptors (Lipinski definition) is 4. The van der Waals surface area contributed by atoms with E-state index >= 15 is 0 Å². The lowest BCUT2D eigenvalue weighted by molar-refractivity contribution is 0.580. The third-order valence-corrected chi connectivity index (χ3v) is 4.25. The van der Waals surface area contributed by atoms with Crippen molar-refractivity contribution < 1.29 is 4.42 Å². The number of thiazole rings is 1. The number of benzene rings is 1. The van der Waals surface area contributed by atoms with Gasteiger partial charge in [0.1, 0.15) is 10.7 Å². The molecule has 0 unspecified atom stereocenters. The molecule has 2 aromatic heterocycles. The van der Waals surface area contributed by atoms with E-state index in [-0.39, 0.29) is 0 Å². The van der Waals surface area contributed by atoms with Crippen LogP contribution in [0.2, 0.25) is 0 Å². The van der Waals surface area contributed by atoms with Crippen LogP contribution in [0.1, 0.15) is 10.4 Å². The average molecular weight is 284 g/mol. The third kappa shape index (κ3) is 2.53. The molecular weight excluding hydrogens is 268 g/mol. The van der Waals surface area contributed by atoms with Gasteiger partial charge in [0.25, 0.3) is 0 Å². The predicted molar refractivity (Wildman–Crippen MR) is 82.7 cm³/mol. The van der Waals surface area contributed by atoms with Gasteiger partial charge in [0.05, 0.1) is 6.26 Å². The van der Waals surface area contributed by atoms with Crippen LogP contribution in [-0.2, 0) is 6.42 Å². The van der Waals surface area contributed by atoms with Gasteiger partial charge in [0.2, 0.25) is 0 Å². The standard InChI is InChI=1S/C16H16N2OS/c1-11-4-2-5-12(10-11)16-18-15(13-6-3-9-19-13)14(20-16)7-8-17/h2-6,9-10H,7-8,17H2,1H3. The zero-order chi connectivity index (χ0) is 13.9. The number of nitrogens with zero attached hydrogens (tertiary/aromatic N) is 1. The van der Waals surface area contributed by atoms with Gasteiger partial charge in [-0.15, -0.1) is 11.3 Å². The summed E-state index contributed by atoms with van der Waals surface area (Å²) in [6.45, 7) is 2.70. The number of rotatable bonds is 4. The van der Waals surface area contributed by atoms with E-state index in [1.54, 1.807) is 17.6 Å². The van der Waals surface area contributed by atoms with Crippen LogP contribution < -0.4 is 5.73 Å². The Bertz CT molecular complexity index is 701. The van der Waals surface area contributed by atoms with Crippen molar-refractivity contribution in [2.24, 2.45) is 5.73 Å². The SMILES string of the molecule is Cc1cccc(-c2nc(-c3ccco3)c(CCN)s2)c1. The Kier molecular flexibility index (Phi) is 3.67. The Morgan fingerprint density at radius 3 is 2.85 bits per heavy atom. The minimum absolute atomic E-state index is 0.614. The molecule has 3 nitrogen and oxygen atoms in total. The second-order valence-electron chi connectivity index (χ2n) is 4.68. The first-order valence-corrected chi connectivity index (χ1v) is 7.40. The minimum atomic E-state index is 0.614. The van der Waals surface area contributed by atoms with Crippen molar-refractivity contribution in [3.63, 3.8) is 0 Å². The molecule has 0 aliphatic rings. The lowest BCUT2D eigenvalue weighted by Gasteiger charge is -1.97. The van der Waals surface area contributed by atoms with E-state index in [0.29, 0.717) is 6.54 Å². The van der Waals surface area contributed by atoms with Crippen LogP contribution >= 0.6 is 11.3 Å². The molecule has 0 aliphatic carbocycles. The van der Waals surface area contributed by atoms with Crippen LogP contribution in [0.3, 0.4) is 0 Å². The smallest absolute Gasteiger partial charge is 0.153 e. The van der Waals surface area contributed by atoms with Crippen LogP contribution in [0, 0.1) is 6.92 Å². The van der Waals surface area contributed by atoms with E-state index in [1.165, 1.54) is 10.4 Å². The summed E-state index contributed by atoms with van der Waals surface area (Å²) in [4.78, 5) is 5.93. The molecule has 0 fully saturated rings. The van der Waals surface area contributed by atoms with Crippen LogP contribution in [0.15, 0.2) is 47.1 Å². The van der Waals surface area contributed by atoms with Crippen LogP contribution in [0.5, 0.6) is 0 Å². The summed E-state index contributed by atoms with van der Waals surface area (Å²) in [6, 6.07) is 12.2. The highest BCUT2D eigenvalue weighted by atomic mass is 32.1. The van der Waals surface area contributed by atoms with Crippen LogP contribution in [0.4, 0.5) is 0 Å². The molecule has 0 spiro atoms. The molecule has 0 radical (unpaired) electrons. The predicted octanol–water partition coefficient (Wildman–Crippen LogP) is 3.88. The Balaban J connectivity index is 2.07. The first-order valence-electron chi connectivity index (χ1n) is 6.58. The van der Waals surface area contributed by atoms with Gasteiger partial charge in [0.15, 0.2) is 5.76 Å². The number of nitrogens with two attached hydrogens (primary N) is 1. The van der Waals surface area contributed by atoms with Gasteiger partial charge in [0, 0.05) is 10.4 Å². The zero-order valence-electron chi connectivity index (χ0n) is 11.3. The quantitative estimate of drug-likeness (QED) is 0.791. The van der Waals surface area contributed by atoms with E-state index < -0.39 is 0 Å². The van der Waals surface area contributed by atoms with Crippen molar-refractivity contribution in [2.75, 3.05) is 6.54 Å². The molecule has 0 saturated carbocycles. The Labute approximate surface area is 122 Å². The van der Waals surface area contributed by atoms with Gasteiger partial charge in [-0.05, 0) is 38.1 Å². The van der Waals surface area contributed by atoms with Crippen molar-refractivity contribution in [3.05, 3.63) is 53.1 Å². The fourth-order valence-corrected chi connectivity index (χ4v) is 3.24. The van der Waals surface area contributed by atoms with Gasteiger partial charge in [-0.3, -0.25) is 0 Å². The topological polar surface area (TPSA) is 52.0 Å². The monoisotopic (exact) mass is 284 g/mol. The van der Waals surface area contributed by atoms with E-state index in [9.17, 15) is 0 Å². The molecule has 2 N–H and O–H groups in total. The van der Waals surface area contributed by atoms with Gasteiger partial charge in [-0.25, -0.2) is 4.98 Å². The van der Waals surface area contributed by atoms with Gasteiger partial charge >= 0.3 is 0 Å². The molecule has 0 saturated heterocycles. The third-order valence-electron chi connectivity index (χ3n) is 3.09. The molecular formula is C16H16N2OS. The maximum Gasteiger partial charge on any atom is 0.153 e. The normalized spacial score (nSPS) is 10.9. The fraction of sp³-hybridized carbons (Fsp3) is 0.188. The second kappa shape index (κ2) is 5.61. The fourth-order valence-electron chi connectivity index (χ4n) is 2.16. The minimum Gasteiger partial charge on any atom is -0.463 e. The van der Waals surface area contributed by atoms with Crippen LogP contribution in [0.25, 0.3) is 22.0 Å². The highest BCUT2D eigenvalue weighted by Gasteiger charge is 2.15. The first-order chi connectivity index (χ1) is 9.78. The highest BCUT2D eigenvalue weighted by molar-refractivity contribution is 7.15. The summed E-state index contributed by atoms with van der Waals surface area (Å²) < 4.78 is 5.48. The maximum absolute atomic E-state index is 5.70. The van der Waals surface area contributed by atoms with Crippen molar-refractivity contribution in [3.8, 4) is 22.0 Å². The summed E-state index contributed by atoms with van der Waals surface area (Å²) in [7, 11) is 0. The molecule has 0 aliphatic heterocycles. The number of hydrogen-bond donors (Lipinski definition) is 1. The lowest BCUT2D eigenvalue weighted by Crippen LogP contribution is -2.01. The van der Waals surface area contributed by atoms with Crippen molar-refractivity contribution in [1.29, 1.82) is 0 Å². The van der Waals surface area contributed by atoms with Crippen molar-refractivity contribution in [1.82, 2.24) is 4.98 Å².